The van der Waals surface area contributed by atoms with Gasteiger partial charge in [0.25, 0.3) is 0 Å². The number of aryl methyl sites for hydroxylation is 1. The van der Waals surface area contributed by atoms with Crippen molar-refractivity contribution in [3.8, 4) is 0 Å². The minimum absolute atomic E-state index is 0.156. The number of rotatable bonds is 6. The van der Waals surface area contributed by atoms with E-state index in [0.717, 1.165) is 11.0 Å². The maximum atomic E-state index is 14.2. The van der Waals surface area contributed by atoms with E-state index < -0.39 is 20.7 Å². The van der Waals surface area contributed by atoms with Crippen LogP contribution in [0.1, 0.15) is 12.0 Å². The van der Waals surface area contributed by atoms with Gasteiger partial charge in [-0.3, -0.25) is 4.79 Å². The lowest BCUT2D eigenvalue weighted by Gasteiger charge is -2.18. The molecule has 0 atom stereocenters. The van der Waals surface area contributed by atoms with E-state index in [4.69, 9.17) is 11.6 Å². The second-order valence-corrected chi connectivity index (χ2v) is 9.03. The molecule has 0 fully saturated rings. The summed E-state index contributed by atoms with van der Waals surface area (Å²) in [6.45, 7) is 0.156. The quantitative estimate of drug-likeness (QED) is 0.561. The van der Waals surface area contributed by atoms with Crippen LogP contribution in [0.2, 0.25) is 5.02 Å². The van der Waals surface area contributed by atoms with Gasteiger partial charge in [-0.05, 0) is 48.4 Å². The third-order valence-electron chi connectivity index (χ3n) is 3.82. The molecule has 0 saturated carbocycles. The molecule has 1 aliphatic heterocycles. The van der Waals surface area contributed by atoms with Gasteiger partial charge in [0.05, 0.1) is 0 Å². The molecule has 2 aromatic carbocycles. The van der Waals surface area contributed by atoms with Crippen molar-refractivity contribution < 1.29 is 17.6 Å². The van der Waals surface area contributed by atoms with Gasteiger partial charge in [0.2, 0.25) is 15.9 Å². The summed E-state index contributed by atoms with van der Waals surface area (Å²) < 4.78 is 41.4. The van der Waals surface area contributed by atoms with E-state index in [1.807, 2.05) is 12.1 Å². The van der Waals surface area contributed by atoms with Crippen LogP contribution in [0, 0.1) is 5.82 Å². The summed E-state index contributed by atoms with van der Waals surface area (Å²) in [6.07, 6.45) is 0.639. The zero-order valence-corrected chi connectivity index (χ0v) is 16.0. The molecule has 1 heterocycles. The first-order valence-electron chi connectivity index (χ1n) is 7.85. The fraction of sp³-hybridized carbons (Fsp3) is 0.235. The van der Waals surface area contributed by atoms with E-state index >= 15 is 0 Å². The Morgan fingerprint density at radius 2 is 1.92 bits per heavy atom. The van der Waals surface area contributed by atoms with Gasteiger partial charge in [-0.15, -0.1) is 11.8 Å². The second kappa shape index (κ2) is 7.96. The molecule has 0 unspecified atom stereocenters. The predicted molar refractivity (Wildman–Crippen MR) is 101 cm³/mol. The third kappa shape index (κ3) is 4.56. The molecule has 26 heavy (non-hydrogen) atoms. The van der Waals surface area contributed by atoms with Crippen molar-refractivity contribution in [1.29, 1.82) is 0 Å². The Morgan fingerprint density at radius 3 is 2.65 bits per heavy atom. The Balaban J connectivity index is 1.64. The fourth-order valence-electron chi connectivity index (χ4n) is 2.54. The average Bonchev–Trinajstić information content (AvgIpc) is 2.59. The number of sulfonamides is 1. The lowest BCUT2D eigenvalue weighted by Crippen LogP contribution is -2.27. The van der Waals surface area contributed by atoms with Crippen LogP contribution in [0.4, 0.5) is 10.1 Å². The maximum Gasteiger partial charge on any atom is 0.243 e. The van der Waals surface area contributed by atoms with Crippen LogP contribution in [-0.4, -0.2) is 26.6 Å². The van der Waals surface area contributed by atoms with Gasteiger partial charge < -0.3 is 5.32 Å². The molecule has 1 aliphatic rings. The smallest absolute Gasteiger partial charge is 0.243 e. The summed E-state index contributed by atoms with van der Waals surface area (Å²) in [6, 6.07) is 9.56. The number of halogens is 2. The first-order chi connectivity index (χ1) is 12.3. The normalized spacial score (nSPS) is 14.0. The first-order valence-corrected chi connectivity index (χ1v) is 10.7. The van der Waals surface area contributed by atoms with E-state index in [1.165, 1.54) is 17.8 Å². The van der Waals surface area contributed by atoms with Crippen LogP contribution in [0.15, 0.2) is 46.2 Å². The highest BCUT2D eigenvalue weighted by Gasteiger charge is 2.24. The molecule has 0 spiro atoms. The van der Waals surface area contributed by atoms with E-state index in [-0.39, 0.29) is 18.9 Å². The average molecular weight is 415 g/mol. The summed E-state index contributed by atoms with van der Waals surface area (Å²) in [5, 5.41) is 3.18. The van der Waals surface area contributed by atoms with Gasteiger partial charge in [0.1, 0.15) is 10.7 Å². The Hall–Kier alpha value is -1.61. The van der Waals surface area contributed by atoms with E-state index in [2.05, 4.69) is 10.0 Å². The van der Waals surface area contributed by atoms with Gasteiger partial charge in [0, 0.05) is 34.3 Å². The number of hydrogen-bond donors (Lipinski definition) is 2. The number of amides is 1. The van der Waals surface area contributed by atoms with E-state index in [0.29, 0.717) is 28.4 Å². The van der Waals surface area contributed by atoms with Crippen LogP contribution < -0.4 is 10.0 Å². The van der Waals surface area contributed by atoms with E-state index in [9.17, 15) is 17.6 Å². The Bertz CT molecular complexity index is 934. The Labute approximate surface area is 160 Å². The van der Waals surface area contributed by atoms with Gasteiger partial charge in [-0.1, -0.05) is 11.6 Å². The molecule has 0 saturated heterocycles. The zero-order valence-electron chi connectivity index (χ0n) is 13.6. The highest BCUT2D eigenvalue weighted by Crippen LogP contribution is 2.28. The van der Waals surface area contributed by atoms with Crippen molar-refractivity contribution in [2.45, 2.75) is 22.6 Å². The summed E-state index contributed by atoms with van der Waals surface area (Å²) in [5.74, 6) is -0.600. The zero-order chi connectivity index (χ0) is 18.7. The highest BCUT2D eigenvalue weighted by atomic mass is 35.5. The van der Waals surface area contributed by atoms with Crippen LogP contribution in [0.5, 0.6) is 0 Å². The Morgan fingerprint density at radius 1 is 1.19 bits per heavy atom. The fourth-order valence-corrected chi connectivity index (χ4v) is 4.70. The molecule has 0 aromatic heterocycles. The SMILES string of the molecule is O=C1CCc2cc(S(=O)(=O)NCCSc3ccc(Cl)cc3)c(F)cc2N1. The molecule has 9 heteroatoms. The number of thioether (sulfide) groups is 1. The van der Waals surface area contributed by atoms with Crippen molar-refractivity contribution in [3.05, 3.63) is 52.8 Å². The van der Waals surface area contributed by atoms with Crippen LogP contribution in [0.25, 0.3) is 0 Å². The van der Waals surface area contributed by atoms with Crippen molar-refractivity contribution >= 4 is 45.0 Å². The van der Waals surface area contributed by atoms with Crippen molar-refractivity contribution in [2.24, 2.45) is 0 Å². The van der Waals surface area contributed by atoms with Crippen LogP contribution in [0.3, 0.4) is 0 Å². The van der Waals surface area contributed by atoms with Crippen molar-refractivity contribution in [2.75, 3.05) is 17.6 Å². The molecule has 2 aromatic rings. The summed E-state index contributed by atoms with van der Waals surface area (Å²) >= 11 is 7.28. The number of benzene rings is 2. The Kier molecular flexibility index (Phi) is 5.86. The van der Waals surface area contributed by atoms with E-state index in [1.54, 1.807) is 12.1 Å². The van der Waals surface area contributed by atoms with Gasteiger partial charge in [-0.25, -0.2) is 17.5 Å². The van der Waals surface area contributed by atoms with Gasteiger partial charge in [0.15, 0.2) is 0 Å². The summed E-state index contributed by atoms with van der Waals surface area (Å²) in [5.41, 5.74) is 0.943. The maximum absolute atomic E-state index is 14.2. The lowest BCUT2D eigenvalue weighted by molar-refractivity contribution is -0.116. The van der Waals surface area contributed by atoms with Crippen LogP contribution in [-0.2, 0) is 21.2 Å². The summed E-state index contributed by atoms with van der Waals surface area (Å²) in [7, 11) is -3.97. The molecule has 0 radical (unpaired) electrons. The molecule has 5 nitrogen and oxygen atoms in total. The molecule has 0 aliphatic carbocycles. The highest BCUT2D eigenvalue weighted by molar-refractivity contribution is 7.99. The number of carbonyl (C=O) groups excluding carboxylic acids is 1. The molecular formula is C17H16ClFN2O3S2. The molecule has 1 amide bonds. The number of carbonyl (C=O) groups is 1. The third-order valence-corrected chi connectivity index (χ3v) is 6.56. The number of nitrogens with one attached hydrogen (secondary N) is 2. The number of hydrogen-bond acceptors (Lipinski definition) is 4. The lowest BCUT2D eigenvalue weighted by atomic mass is 10.0. The number of anilines is 1. The predicted octanol–water partition coefficient (Wildman–Crippen LogP) is 3.43. The largest absolute Gasteiger partial charge is 0.326 e. The summed E-state index contributed by atoms with van der Waals surface area (Å²) in [4.78, 5) is 11.9. The standard InChI is InChI=1S/C17H16ClFN2O3S2/c18-12-2-4-13(5-3-12)25-8-7-20-26(23,24)16-9-11-1-6-17(22)21-15(11)10-14(16)19/h2-5,9-10,20H,1,6-8H2,(H,21,22). The second-order valence-electron chi connectivity index (χ2n) is 5.69. The number of fused-ring (bicyclic) bond motifs is 1. The van der Waals surface area contributed by atoms with Gasteiger partial charge >= 0.3 is 0 Å². The van der Waals surface area contributed by atoms with Crippen molar-refractivity contribution in [3.63, 3.8) is 0 Å². The first kappa shape index (κ1) is 19.2. The minimum atomic E-state index is -3.97. The molecule has 138 valence electrons. The molecule has 0 bridgehead atoms. The monoisotopic (exact) mass is 414 g/mol. The molecule has 3 rings (SSSR count). The van der Waals surface area contributed by atoms with Gasteiger partial charge in [-0.2, -0.15) is 0 Å². The van der Waals surface area contributed by atoms with Crippen LogP contribution >= 0.6 is 23.4 Å². The molecule has 2 N–H and O–H groups in total. The van der Waals surface area contributed by atoms with Crippen molar-refractivity contribution in [1.82, 2.24) is 4.72 Å². The molecular weight excluding hydrogens is 399 g/mol. The minimum Gasteiger partial charge on any atom is -0.326 e. The topological polar surface area (TPSA) is 75.3 Å².